The second kappa shape index (κ2) is 7.16. The van der Waals surface area contributed by atoms with Gasteiger partial charge in [-0.25, -0.2) is 9.97 Å². The van der Waals surface area contributed by atoms with Gasteiger partial charge in [-0.05, 0) is 30.3 Å². The van der Waals surface area contributed by atoms with Crippen LogP contribution in [0.2, 0.25) is 0 Å². The number of carbonyl (C=O) groups excluding carboxylic acids is 1. The van der Waals surface area contributed by atoms with Crippen molar-refractivity contribution in [3.8, 4) is 0 Å². The third-order valence-electron chi connectivity index (χ3n) is 4.35. The predicted octanol–water partition coefficient (Wildman–Crippen LogP) is 2.60. The van der Waals surface area contributed by atoms with E-state index in [0.717, 1.165) is 20.7 Å². The molecule has 0 spiro atoms. The van der Waals surface area contributed by atoms with E-state index in [0.29, 0.717) is 31.0 Å². The number of nitrogen functional groups attached to an aromatic ring is 1. The maximum Gasteiger partial charge on any atom is 0.254 e. The Morgan fingerprint density at radius 3 is 2.78 bits per heavy atom. The normalized spacial score (nSPS) is 13.3. The zero-order valence-corrected chi connectivity index (χ0v) is 15.3. The fraction of sp³-hybridized carbons (Fsp3) is 0.158. The van der Waals surface area contributed by atoms with Crippen molar-refractivity contribution in [3.63, 3.8) is 0 Å². The van der Waals surface area contributed by atoms with Crippen LogP contribution in [0.4, 0.5) is 5.82 Å². The van der Waals surface area contributed by atoms with Gasteiger partial charge >= 0.3 is 0 Å². The Bertz CT molecular complexity index is 1050. The van der Waals surface area contributed by atoms with E-state index in [1.165, 1.54) is 17.7 Å². The Kier molecular flexibility index (Phi) is 4.55. The van der Waals surface area contributed by atoms with Gasteiger partial charge in [-0.2, -0.15) is 0 Å². The number of benzene rings is 1. The summed E-state index contributed by atoms with van der Waals surface area (Å²) >= 11 is 1.47. The number of aromatic nitrogens is 2. The molecule has 7 nitrogen and oxygen atoms in total. The second-order valence-electron chi connectivity index (χ2n) is 6.17. The maximum absolute atomic E-state index is 12.5. The van der Waals surface area contributed by atoms with E-state index in [1.54, 1.807) is 4.90 Å². The molecule has 0 saturated heterocycles. The molecule has 0 unspecified atom stereocenters. The summed E-state index contributed by atoms with van der Waals surface area (Å²) in [6, 6.07) is 9.29. The second-order valence-corrected chi connectivity index (χ2v) is 7.34. The lowest BCUT2D eigenvalue weighted by Crippen LogP contribution is -2.28. The molecule has 0 atom stereocenters. The summed E-state index contributed by atoms with van der Waals surface area (Å²) in [4.78, 5) is 24.8. The van der Waals surface area contributed by atoms with Gasteiger partial charge in [0.1, 0.15) is 18.0 Å². The van der Waals surface area contributed by atoms with Crippen LogP contribution in [0.3, 0.4) is 0 Å². The van der Waals surface area contributed by atoms with E-state index in [1.807, 2.05) is 42.5 Å². The highest BCUT2D eigenvalue weighted by atomic mass is 32.1. The molecular formula is C19H18N6OS. The van der Waals surface area contributed by atoms with Crippen molar-refractivity contribution in [3.05, 3.63) is 64.1 Å². The summed E-state index contributed by atoms with van der Waals surface area (Å²) in [6.07, 6.45) is 5.47. The van der Waals surface area contributed by atoms with E-state index < -0.39 is 0 Å². The van der Waals surface area contributed by atoms with Crippen LogP contribution in [0.15, 0.2) is 48.8 Å². The molecule has 0 aliphatic carbocycles. The molecule has 4 rings (SSSR count). The smallest absolute Gasteiger partial charge is 0.254 e. The highest BCUT2D eigenvalue weighted by Gasteiger charge is 2.17. The lowest BCUT2D eigenvalue weighted by Gasteiger charge is -2.15. The van der Waals surface area contributed by atoms with Crippen LogP contribution in [0, 0.1) is 5.41 Å². The zero-order chi connectivity index (χ0) is 18.8. The van der Waals surface area contributed by atoms with Gasteiger partial charge in [0.25, 0.3) is 5.91 Å². The van der Waals surface area contributed by atoms with E-state index in [2.05, 4.69) is 15.3 Å². The minimum atomic E-state index is 0.00497. The first-order valence-corrected chi connectivity index (χ1v) is 9.29. The molecule has 136 valence electrons. The predicted molar refractivity (Wildman–Crippen MR) is 107 cm³/mol. The Hall–Kier alpha value is -3.26. The number of hydrogen-bond acceptors (Lipinski definition) is 6. The lowest BCUT2D eigenvalue weighted by molar-refractivity contribution is 0.0800. The summed E-state index contributed by atoms with van der Waals surface area (Å²) in [5.41, 5.74) is 6.86. The van der Waals surface area contributed by atoms with E-state index in [4.69, 9.17) is 11.1 Å². The molecule has 3 heterocycles. The van der Waals surface area contributed by atoms with Crippen molar-refractivity contribution >= 4 is 39.8 Å². The minimum absolute atomic E-state index is 0.00497. The Labute approximate surface area is 160 Å². The molecule has 1 aromatic carbocycles. The largest absolute Gasteiger partial charge is 0.383 e. The number of thiophene rings is 1. The number of hydrogen-bond donors (Lipinski definition) is 3. The van der Waals surface area contributed by atoms with Crippen molar-refractivity contribution in [2.24, 2.45) is 5.73 Å². The monoisotopic (exact) mass is 378 g/mol. The number of anilines is 1. The molecule has 0 radical (unpaired) electrons. The average molecular weight is 378 g/mol. The Morgan fingerprint density at radius 1 is 1.22 bits per heavy atom. The highest BCUT2D eigenvalue weighted by Crippen LogP contribution is 2.23. The number of amides is 1. The average Bonchev–Trinajstić information content (AvgIpc) is 3.37. The number of fused-ring (bicyclic) bond motifs is 1. The number of nitrogens with one attached hydrogen (secondary N) is 2. The minimum Gasteiger partial charge on any atom is -0.383 e. The van der Waals surface area contributed by atoms with Crippen LogP contribution in [-0.2, 0) is 6.54 Å². The van der Waals surface area contributed by atoms with Gasteiger partial charge < -0.3 is 16.0 Å². The molecule has 1 aliphatic rings. The summed E-state index contributed by atoms with van der Waals surface area (Å²) in [5.74, 6) is 0.786. The van der Waals surface area contributed by atoms with Gasteiger partial charge in [0.05, 0.1) is 16.9 Å². The summed E-state index contributed by atoms with van der Waals surface area (Å²) in [5, 5.41) is 11.6. The van der Waals surface area contributed by atoms with Crippen molar-refractivity contribution in [1.82, 2.24) is 14.9 Å². The molecule has 1 aliphatic heterocycles. The maximum atomic E-state index is 12.5. The standard InChI is InChI=1S/C19H18N6OS/c20-17(21)16-6-4-13(27-16)10-22-18-14-5-3-12(9-15(14)23-11-24-18)19(26)25-7-1-2-8-25/h1-6,9,11H,7-8,10H2,(H3,20,21)(H,22,23,24). The molecule has 0 bridgehead atoms. The fourth-order valence-corrected chi connectivity index (χ4v) is 3.75. The van der Waals surface area contributed by atoms with Crippen molar-refractivity contribution in [2.45, 2.75) is 6.54 Å². The van der Waals surface area contributed by atoms with Crippen LogP contribution in [0.1, 0.15) is 20.1 Å². The first-order valence-electron chi connectivity index (χ1n) is 8.48. The summed E-state index contributed by atoms with van der Waals surface area (Å²) in [6.45, 7) is 1.87. The third kappa shape index (κ3) is 3.52. The number of carbonyl (C=O) groups is 1. The van der Waals surface area contributed by atoms with Gasteiger partial charge in [-0.15, -0.1) is 11.3 Å². The third-order valence-corrected chi connectivity index (χ3v) is 5.46. The molecule has 2 aromatic heterocycles. The van der Waals surface area contributed by atoms with Gasteiger partial charge in [0, 0.05) is 28.9 Å². The summed E-state index contributed by atoms with van der Waals surface area (Å²) < 4.78 is 0. The molecule has 8 heteroatoms. The number of nitrogens with zero attached hydrogens (tertiary/aromatic N) is 3. The van der Waals surface area contributed by atoms with Crippen molar-refractivity contribution in [2.75, 3.05) is 18.4 Å². The quantitative estimate of drug-likeness (QED) is 0.359. The van der Waals surface area contributed by atoms with Gasteiger partial charge in [0.2, 0.25) is 0 Å². The lowest BCUT2D eigenvalue weighted by atomic mass is 10.1. The molecule has 0 saturated carbocycles. The van der Waals surface area contributed by atoms with Crippen LogP contribution in [0.5, 0.6) is 0 Å². The molecule has 3 aromatic rings. The van der Waals surface area contributed by atoms with Crippen LogP contribution in [0.25, 0.3) is 10.9 Å². The molecule has 27 heavy (non-hydrogen) atoms. The zero-order valence-electron chi connectivity index (χ0n) is 14.5. The van der Waals surface area contributed by atoms with E-state index in [9.17, 15) is 4.79 Å². The first kappa shape index (κ1) is 17.2. The molecule has 0 fully saturated rings. The topological polar surface area (TPSA) is 108 Å². The van der Waals surface area contributed by atoms with E-state index in [-0.39, 0.29) is 11.7 Å². The molecular weight excluding hydrogens is 360 g/mol. The Morgan fingerprint density at radius 2 is 2.04 bits per heavy atom. The Balaban J connectivity index is 1.54. The molecule has 4 N–H and O–H groups in total. The summed E-state index contributed by atoms with van der Waals surface area (Å²) in [7, 11) is 0. The SMILES string of the molecule is N=C(N)c1ccc(CNc2ncnc3cc(C(=O)N4CC=CC4)ccc23)s1. The van der Waals surface area contributed by atoms with Gasteiger partial charge in [0.15, 0.2) is 0 Å². The van der Waals surface area contributed by atoms with E-state index >= 15 is 0 Å². The highest BCUT2D eigenvalue weighted by molar-refractivity contribution is 7.14. The first-order chi connectivity index (χ1) is 13.1. The van der Waals surface area contributed by atoms with Crippen molar-refractivity contribution in [1.29, 1.82) is 5.41 Å². The number of rotatable bonds is 5. The van der Waals surface area contributed by atoms with Crippen LogP contribution >= 0.6 is 11.3 Å². The van der Waals surface area contributed by atoms with Gasteiger partial charge in [-0.3, -0.25) is 10.2 Å². The number of nitrogens with two attached hydrogens (primary N) is 1. The van der Waals surface area contributed by atoms with Crippen molar-refractivity contribution < 1.29 is 4.79 Å². The fourth-order valence-electron chi connectivity index (χ4n) is 2.95. The van der Waals surface area contributed by atoms with Gasteiger partial charge in [-0.1, -0.05) is 12.2 Å². The van der Waals surface area contributed by atoms with Crippen LogP contribution < -0.4 is 11.1 Å². The van der Waals surface area contributed by atoms with Crippen LogP contribution in [-0.4, -0.2) is 39.7 Å². The number of amidine groups is 1. The molecule has 1 amide bonds.